The molecule has 0 saturated heterocycles. The van der Waals surface area contributed by atoms with Crippen LogP contribution in [0.1, 0.15) is 52.2 Å². The molecule has 4 aliphatic rings. The molecule has 6 rings (SSSR count). The third-order valence-electron chi connectivity index (χ3n) is 11.5. The van der Waals surface area contributed by atoms with Crippen molar-refractivity contribution >= 4 is 29.4 Å². The molecule has 0 radical (unpaired) electrons. The van der Waals surface area contributed by atoms with Crippen molar-refractivity contribution in [3.05, 3.63) is 87.5 Å². The van der Waals surface area contributed by atoms with Crippen LogP contribution < -0.4 is 4.74 Å². The molecule has 4 aliphatic carbocycles. The molecule has 0 aromatic heterocycles. The van der Waals surface area contributed by atoms with E-state index < -0.39 is 82.1 Å². The Bertz CT molecular complexity index is 1970. The predicted molar refractivity (Wildman–Crippen MR) is 183 cm³/mol. The standard InChI is InChI=1S/C38H41N3O11/c1-19-13-29-36(47,33(19)46)18-25(50-30(44)16-23-9-12-27(43)28(14-23)49-6)17-26-32-35(4,5)38(32,52-21(3)42)34(20(2)37(26,29)48)51-31(45)15-22-7-10-24(11-8-22)40-41-39/h7-14,17,20,26,29,32,34,43,47-48H,15-16,18H2,1-6H3/t20-,26+,29-,32-,34-,36-,37-,38-/m1/s1. The minimum atomic E-state index is -2.22. The second kappa shape index (κ2) is 12.8. The first-order chi connectivity index (χ1) is 24.4. The molecule has 0 amide bonds. The van der Waals surface area contributed by atoms with Crippen LogP contribution in [0.15, 0.2) is 71.1 Å². The van der Waals surface area contributed by atoms with Crippen LogP contribution in [0.4, 0.5) is 5.69 Å². The number of hydrogen-bond acceptors (Lipinski definition) is 12. The molecule has 2 aromatic rings. The average Bonchev–Trinajstić information content (AvgIpc) is 3.49. The van der Waals surface area contributed by atoms with E-state index in [1.165, 1.54) is 45.2 Å². The van der Waals surface area contributed by atoms with Crippen LogP contribution in [-0.4, -0.2) is 69.0 Å². The summed E-state index contributed by atoms with van der Waals surface area (Å²) in [4.78, 5) is 56.2. The van der Waals surface area contributed by atoms with Crippen LogP contribution in [0.5, 0.6) is 11.5 Å². The Labute approximate surface area is 299 Å². The number of phenols is 1. The molecule has 0 spiro atoms. The van der Waals surface area contributed by atoms with E-state index in [9.17, 15) is 34.5 Å². The molecule has 3 N–H and O–H groups in total. The normalized spacial score (nSPS) is 32.3. The first-order valence-electron chi connectivity index (χ1n) is 16.9. The summed E-state index contributed by atoms with van der Waals surface area (Å²) in [5, 5.41) is 38.8. The van der Waals surface area contributed by atoms with Gasteiger partial charge >= 0.3 is 17.9 Å². The molecule has 0 heterocycles. The summed E-state index contributed by atoms with van der Waals surface area (Å²) < 4.78 is 23.3. The number of nitrogens with zero attached hydrogens (tertiary/aromatic N) is 3. The monoisotopic (exact) mass is 715 g/mol. The number of carbonyl (C=O) groups excluding carboxylic acids is 4. The van der Waals surface area contributed by atoms with Crippen LogP contribution in [0, 0.1) is 29.1 Å². The van der Waals surface area contributed by atoms with Crippen molar-refractivity contribution in [3.63, 3.8) is 0 Å². The number of methoxy groups -OCH3 is 1. The quantitative estimate of drug-likeness (QED) is 0.106. The number of rotatable bonds is 9. The zero-order valence-electron chi connectivity index (χ0n) is 29.7. The van der Waals surface area contributed by atoms with Crippen LogP contribution in [0.3, 0.4) is 0 Å². The Balaban J connectivity index is 1.39. The molecule has 0 unspecified atom stereocenters. The van der Waals surface area contributed by atoms with E-state index in [0.29, 0.717) is 16.8 Å². The summed E-state index contributed by atoms with van der Waals surface area (Å²) in [6.45, 7) is 8.05. The molecular weight excluding hydrogens is 674 g/mol. The number of Topliss-reactive ketones (excluding diaryl/α,β-unsaturated/α-hetero) is 1. The Kier molecular flexibility index (Phi) is 9.01. The third kappa shape index (κ3) is 5.62. The first kappa shape index (κ1) is 36.6. The highest BCUT2D eigenvalue weighted by Crippen LogP contribution is 2.77. The summed E-state index contributed by atoms with van der Waals surface area (Å²) in [6, 6.07) is 10.7. The number of ether oxygens (including phenoxy) is 4. The number of phenolic OH excluding ortho intramolecular Hbond substituents is 1. The van der Waals surface area contributed by atoms with Gasteiger partial charge in [0.2, 0.25) is 0 Å². The number of azide groups is 1. The molecular formula is C38H41N3O11. The fourth-order valence-electron chi connectivity index (χ4n) is 9.15. The van der Waals surface area contributed by atoms with E-state index in [-0.39, 0.29) is 35.7 Å². The summed E-state index contributed by atoms with van der Waals surface area (Å²) in [5.41, 5.74) is 3.76. The lowest BCUT2D eigenvalue weighted by molar-refractivity contribution is -0.228. The van der Waals surface area contributed by atoms with Crippen LogP contribution >= 0.6 is 0 Å². The molecule has 2 aromatic carbocycles. The SMILES string of the molecule is COc1cc(CC(=O)OC2=C[C@H]3[C@@H]4C(C)(C)[C@]4(OC(C)=O)[C@H](OC(=O)Cc4ccc(N=[N+]=[N-])cc4)[C@@H](C)[C@]3(O)[C@@H]3C=C(C)C(=O)[C@@]3(O)C2)ccc1O. The maximum absolute atomic E-state index is 13.7. The minimum absolute atomic E-state index is 0.0492. The van der Waals surface area contributed by atoms with E-state index in [2.05, 4.69) is 10.0 Å². The van der Waals surface area contributed by atoms with Gasteiger partial charge in [-0.25, -0.2) is 0 Å². The van der Waals surface area contributed by atoms with Gasteiger partial charge in [0.25, 0.3) is 0 Å². The van der Waals surface area contributed by atoms with Gasteiger partial charge < -0.3 is 34.3 Å². The van der Waals surface area contributed by atoms with Gasteiger partial charge in [-0.1, -0.05) is 62.3 Å². The van der Waals surface area contributed by atoms with E-state index >= 15 is 0 Å². The highest BCUT2D eigenvalue weighted by Gasteiger charge is 2.88. The van der Waals surface area contributed by atoms with E-state index in [0.717, 1.165) is 0 Å². The number of carbonyl (C=O) groups is 4. The Morgan fingerprint density at radius 1 is 1.02 bits per heavy atom. The summed E-state index contributed by atoms with van der Waals surface area (Å²) in [5.74, 6) is -6.62. The fraction of sp³-hybridized carbons (Fsp3) is 0.474. The van der Waals surface area contributed by atoms with Gasteiger partial charge in [-0.2, -0.15) is 0 Å². The van der Waals surface area contributed by atoms with Gasteiger partial charge in [0.15, 0.2) is 22.9 Å². The lowest BCUT2D eigenvalue weighted by Gasteiger charge is -2.52. The van der Waals surface area contributed by atoms with Crippen molar-refractivity contribution in [2.45, 2.75) is 76.8 Å². The number of ketones is 1. The van der Waals surface area contributed by atoms with Crippen molar-refractivity contribution in [1.29, 1.82) is 0 Å². The van der Waals surface area contributed by atoms with Crippen molar-refractivity contribution in [2.24, 2.45) is 34.2 Å². The van der Waals surface area contributed by atoms with Crippen LogP contribution in [0.25, 0.3) is 10.4 Å². The van der Waals surface area contributed by atoms with Crippen molar-refractivity contribution in [1.82, 2.24) is 0 Å². The maximum Gasteiger partial charge on any atom is 0.315 e. The molecule has 52 heavy (non-hydrogen) atoms. The van der Waals surface area contributed by atoms with Gasteiger partial charge in [-0.15, -0.1) is 0 Å². The molecule has 2 saturated carbocycles. The number of benzene rings is 2. The molecule has 0 aliphatic heterocycles. The number of fused-ring (bicyclic) bond motifs is 5. The number of hydrogen-bond donors (Lipinski definition) is 3. The fourth-order valence-corrected chi connectivity index (χ4v) is 9.15. The molecule has 14 nitrogen and oxygen atoms in total. The number of esters is 3. The lowest BCUT2D eigenvalue weighted by Crippen LogP contribution is -2.66. The second-order valence-electron chi connectivity index (χ2n) is 14.8. The second-order valence-corrected chi connectivity index (χ2v) is 14.8. The Morgan fingerprint density at radius 2 is 1.67 bits per heavy atom. The molecule has 0 bridgehead atoms. The molecule has 2 fully saturated rings. The first-order valence-corrected chi connectivity index (χ1v) is 16.9. The lowest BCUT2D eigenvalue weighted by atomic mass is 9.59. The Morgan fingerprint density at radius 3 is 2.31 bits per heavy atom. The average molecular weight is 716 g/mol. The van der Waals surface area contributed by atoms with Gasteiger partial charge in [-0.3, -0.25) is 19.2 Å². The largest absolute Gasteiger partial charge is 0.504 e. The number of aromatic hydroxyl groups is 1. The number of aliphatic hydroxyl groups is 2. The maximum atomic E-state index is 13.7. The molecule has 274 valence electrons. The zero-order valence-corrected chi connectivity index (χ0v) is 29.7. The van der Waals surface area contributed by atoms with Gasteiger partial charge in [-0.05, 0) is 47.4 Å². The summed E-state index contributed by atoms with van der Waals surface area (Å²) >= 11 is 0. The highest BCUT2D eigenvalue weighted by molar-refractivity contribution is 6.05. The van der Waals surface area contributed by atoms with E-state index in [1.807, 2.05) is 13.8 Å². The molecule has 8 atom stereocenters. The summed E-state index contributed by atoms with van der Waals surface area (Å²) in [7, 11) is 1.37. The highest BCUT2D eigenvalue weighted by atomic mass is 16.6. The predicted octanol–water partition coefficient (Wildman–Crippen LogP) is 4.70. The third-order valence-corrected chi connectivity index (χ3v) is 11.5. The van der Waals surface area contributed by atoms with Crippen molar-refractivity contribution in [3.8, 4) is 11.5 Å². The smallest absolute Gasteiger partial charge is 0.315 e. The van der Waals surface area contributed by atoms with Crippen LogP contribution in [-0.2, 0) is 46.2 Å². The van der Waals surface area contributed by atoms with Gasteiger partial charge in [0.05, 0.1) is 25.6 Å². The zero-order chi connectivity index (χ0) is 38.0. The van der Waals surface area contributed by atoms with Crippen LogP contribution in [0.2, 0.25) is 0 Å². The molecule has 14 heteroatoms. The van der Waals surface area contributed by atoms with E-state index in [1.54, 1.807) is 37.3 Å². The van der Waals surface area contributed by atoms with E-state index in [4.69, 9.17) is 24.5 Å². The Hall–Kier alpha value is -5.17. The van der Waals surface area contributed by atoms with Gasteiger partial charge in [0, 0.05) is 53.0 Å². The minimum Gasteiger partial charge on any atom is -0.504 e. The van der Waals surface area contributed by atoms with Crippen molar-refractivity contribution in [2.75, 3.05) is 7.11 Å². The van der Waals surface area contributed by atoms with Crippen molar-refractivity contribution < 1.29 is 53.4 Å². The topological polar surface area (TPSA) is 215 Å². The van der Waals surface area contributed by atoms with Gasteiger partial charge in [0.1, 0.15) is 17.5 Å². The summed E-state index contributed by atoms with van der Waals surface area (Å²) in [6.07, 6.45) is 0.963.